The Hall–Kier alpha value is -2.76. The molecule has 25 heavy (non-hydrogen) atoms. The zero-order valence-corrected chi connectivity index (χ0v) is 14.5. The Labute approximate surface area is 148 Å². The first-order valence-corrected chi connectivity index (χ1v) is 8.57. The molecule has 0 radical (unpaired) electrons. The number of rotatable bonds is 5. The Morgan fingerprint density at radius 2 is 2.28 bits per heavy atom. The van der Waals surface area contributed by atoms with Gasteiger partial charge in [-0.1, -0.05) is 12.6 Å². The summed E-state index contributed by atoms with van der Waals surface area (Å²) in [5.74, 6) is 1.93. The van der Waals surface area contributed by atoms with E-state index in [1.165, 1.54) is 6.08 Å². The third-order valence-electron chi connectivity index (χ3n) is 4.37. The predicted molar refractivity (Wildman–Crippen MR) is 97.5 cm³/mol. The summed E-state index contributed by atoms with van der Waals surface area (Å²) >= 11 is 0. The topological polar surface area (TPSA) is 71.0 Å². The van der Waals surface area contributed by atoms with Crippen LogP contribution in [0.15, 0.2) is 43.2 Å². The van der Waals surface area contributed by atoms with E-state index < -0.39 is 0 Å². The van der Waals surface area contributed by atoms with Crippen molar-refractivity contribution in [2.24, 2.45) is 5.92 Å². The van der Waals surface area contributed by atoms with Gasteiger partial charge in [-0.3, -0.25) is 4.79 Å². The van der Waals surface area contributed by atoms with Crippen LogP contribution in [0.3, 0.4) is 0 Å². The third kappa shape index (κ3) is 4.62. The summed E-state index contributed by atoms with van der Waals surface area (Å²) in [5, 5.41) is 3.22. The molecule has 1 unspecified atom stereocenters. The first-order chi connectivity index (χ1) is 12.1. The fourth-order valence-electron chi connectivity index (χ4n) is 3.18. The maximum Gasteiger partial charge on any atom is 0.245 e. The number of hydrogen-bond acceptors (Lipinski definition) is 5. The Kier molecular flexibility index (Phi) is 5.38. The van der Waals surface area contributed by atoms with Crippen molar-refractivity contribution < 1.29 is 4.79 Å². The smallest absolute Gasteiger partial charge is 0.245 e. The number of nitrogens with zero attached hydrogens (tertiary/aromatic N) is 4. The predicted octanol–water partition coefficient (Wildman–Crippen LogP) is 2.89. The minimum atomic E-state index is 0.0141. The number of piperidine rings is 1. The normalized spacial score (nSPS) is 17.2. The monoisotopic (exact) mass is 337 g/mol. The molecule has 6 heteroatoms. The van der Waals surface area contributed by atoms with Gasteiger partial charge in [0.15, 0.2) is 0 Å². The van der Waals surface area contributed by atoms with Gasteiger partial charge in [0.05, 0.1) is 0 Å². The van der Waals surface area contributed by atoms with Crippen LogP contribution in [0.5, 0.6) is 0 Å². The Balaban J connectivity index is 1.65. The van der Waals surface area contributed by atoms with Gasteiger partial charge in [0, 0.05) is 30.5 Å². The van der Waals surface area contributed by atoms with E-state index in [0.29, 0.717) is 5.92 Å². The fraction of sp³-hybridized carbons (Fsp3) is 0.368. The Morgan fingerprint density at radius 3 is 3.08 bits per heavy atom. The minimum absolute atomic E-state index is 0.0141. The molecule has 0 bridgehead atoms. The van der Waals surface area contributed by atoms with Crippen LogP contribution in [0.1, 0.15) is 24.2 Å². The number of amides is 1. The van der Waals surface area contributed by atoms with Crippen molar-refractivity contribution in [1.82, 2.24) is 19.9 Å². The van der Waals surface area contributed by atoms with E-state index in [-0.39, 0.29) is 5.91 Å². The number of aromatic nitrogens is 3. The zero-order chi connectivity index (χ0) is 17.6. The van der Waals surface area contributed by atoms with Crippen LogP contribution in [0.25, 0.3) is 0 Å². The molecule has 1 fully saturated rings. The van der Waals surface area contributed by atoms with Crippen molar-refractivity contribution in [3.05, 3.63) is 54.6 Å². The molecule has 1 aliphatic rings. The molecule has 0 spiro atoms. The molecule has 130 valence electrons. The Bertz CT molecular complexity index is 761. The molecule has 2 aromatic heterocycles. The van der Waals surface area contributed by atoms with Crippen molar-refractivity contribution in [2.75, 3.05) is 18.4 Å². The molecule has 1 N–H and O–H groups in total. The van der Waals surface area contributed by atoms with Crippen molar-refractivity contribution >= 4 is 17.5 Å². The lowest BCUT2D eigenvalue weighted by Gasteiger charge is -2.32. The molecule has 1 aliphatic heterocycles. The molecule has 1 amide bonds. The SMILES string of the molecule is C=CC(=O)N1CCCC(Cc2cc(Nc3cccc(C)n3)ncn2)C1. The summed E-state index contributed by atoms with van der Waals surface area (Å²) < 4.78 is 0. The van der Waals surface area contributed by atoms with Crippen molar-refractivity contribution in [3.63, 3.8) is 0 Å². The lowest BCUT2D eigenvalue weighted by Crippen LogP contribution is -2.39. The lowest BCUT2D eigenvalue weighted by atomic mass is 9.93. The van der Waals surface area contributed by atoms with Gasteiger partial charge in [-0.05, 0) is 50.3 Å². The fourth-order valence-corrected chi connectivity index (χ4v) is 3.18. The summed E-state index contributed by atoms with van der Waals surface area (Å²) in [6, 6.07) is 7.78. The summed E-state index contributed by atoms with van der Waals surface area (Å²) in [5.41, 5.74) is 1.93. The van der Waals surface area contributed by atoms with Crippen molar-refractivity contribution in [1.29, 1.82) is 0 Å². The van der Waals surface area contributed by atoms with Crippen molar-refractivity contribution in [3.8, 4) is 0 Å². The van der Waals surface area contributed by atoms with E-state index in [4.69, 9.17) is 0 Å². The average molecular weight is 337 g/mol. The van der Waals surface area contributed by atoms with Crippen molar-refractivity contribution in [2.45, 2.75) is 26.2 Å². The highest BCUT2D eigenvalue weighted by Gasteiger charge is 2.22. The van der Waals surface area contributed by atoms with Gasteiger partial charge in [0.25, 0.3) is 0 Å². The zero-order valence-electron chi connectivity index (χ0n) is 14.5. The molecule has 1 saturated heterocycles. The molecular weight excluding hydrogens is 314 g/mol. The Morgan fingerprint density at radius 1 is 1.40 bits per heavy atom. The molecule has 0 aromatic carbocycles. The summed E-state index contributed by atoms with van der Waals surface area (Å²) in [6.07, 6.45) is 5.92. The minimum Gasteiger partial charge on any atom is -0.339 e. The van der Waals surface area contributed by atoms with E-state index in [0.717, 1.165) is 55.4 Å². The van der Waals surface area contributed by atoms with E-state index in [9.17, 15) is 4.79 Å². The quantitative estimate of drug-likeness (QED) is 0.850. The molecule has 0 saturated carbocycles. The lowest BCUT2D eigenvalue weighted by molar-refractivity contribution is -0.127. The van der Waals surface area contributed by atoms with Gasteiger partial charge < -0.3 is 10.2 Å². The second-order valence-electron chi connectivity index (χ2n) is 6.38. The van der Waals surface area contributed by atoms with Gasteiger partial charge in [0.1, 0.15) is 18.0 Å². The largest absolute Gasteiger partial charge is 0.339 e. The summed E-state index contributed by atoms with van der Waals surface area (Å²) in [6.45, 7) is 7.11. The number of carbonyl (C=O) groups is 1. The van der Waals surface area contributed by atoms with Crippen LogP contribution in [0.4, 0.5) is 11.6 Å². The highest BCUT2D eigenvalue weighted by molar-refractivity contribution is 5.87. The highest BCUT2D eigenvalue weighted by Crippen LogP contribution is 2.21. The van der Waals surface area contributed by atoms with E-state index >= 15 is 0 Å². The van der Waals surface area contributed by atoms with Gasteiger partial charge in [-0.25, -0.2) is 15.0 Å². The first-order valence-electron chi connectivity index (χ1n) is 8.57. The van der Waals surface area contributed by atoms with Gasteiger partial charge in [0.2, 0.25) is 5.91 Å². The average Bonchev–Trinajstić information content (AvgIpc) is 2.61. The summed E-state index contributed by atoms with van der Waals surface area (Å²) in [4.78, 5) is 26.8. The third-order valence-corrected chi connectivity index (χ3v) is 4.37. The number of nitrogens with one attached hydrogen (secondary N) is 1. The van der Waals surface area contributed by atoms with E-state index in [1.807, 2.05) is 36.1 Å². The van der Waals surface area contributed by atoms with E-state index in [2.05, 4.69) is 26.8 Å². The van der Waals surface area contributed by atoms with Crippen LogP contribution < -0.4 is 5.32 Å². The van der Waals surface area contributed by atoms with Crippen LogP contribution >= 0.6 is 0 Å². The van der Waals surface area contributed by atoms with Crippen LogP contribution in [-0.4, -0.2) is 38.8 Å². The van der Waals surface area contributed by atoms with Gasteiger partial charge in [-0.15, -0.1) is 0 Å². The van der Waals surface area contributed by atoms with Gasteiger partial charge in [-0.2, -0.15) is 0 Å². The number of pyridine rings is 1. The number of likely N-dealkylation sites (tertiary alicyclic amines) is 1. The standard InChI is InChI=1S/C19H23N5O/c1-3-19(25)24-9-5-7-15(12-24)10-16-11-18(21-13-20-16)23-17-8-4-6-14(2)22-17/h3-4,6,8,11,13,15H,1,5,7,9-10,12H2,2H3,(H,20,21,22,23). The van der Waals surface area contributed by atoms with Crippen LogP contribution in [0, 0.1) is 12.8 Å². The van der Waals surface area contributed by atoms with Crippen LogP contribution in [0.2, 0.25) is 0 Å². The van der Waals surface area contributed by atoms with Crippen LogP contribution in [-0.2, 0) is 11.2 Å². The number of aryl methyl sites for hydroxylation is 1. The molecule has 6 nitrogen and oxygen atoms in total. The second-order valence-corrected chi connectivity index (χ2v) is 6.38. The molecule has 3 heterocycles. The number of anilines is 2. The molecular formula is C19H23N5O. The molecule has 3 rings (SSSR count). The highest BCUT2D eigenvalue weighted by atomic mass is 16.2. The van der Waals surface area contributed by atoms with E-state index in [1.54, 1.807) is 6.33 Å². The molecule has 1 atom stereocenters. The first kappa shape index (κ1) is 17.1. The molecule has 2 aromatic rings. The maximum absolute atomic E-state index is 11.8. The summed E-state index contributed by atoms with van der Waals surface area (Å²) in [7, 11) is 0. The number of carbonyl (C=O) groups excluding carboxylic acids is 1. The van der Waals surface area contributed by atoms with Gasteiger partial charge >= 0.3 is 0 Å². The number of hydrogen-bond donors (Lipinski definition) is 1. The second kappa shape index (κ2) is 7.88. The maximum atomic E-state index is 11.8. The molecule has 0 aliphatic carbocycles.